The number of carbonyl (C=O) groups is 1. The maximum absolute atomic E-state index is 13.0. The van der Waals surface area contributed by atoms with E-state index in [4.69, 9.17) is 5.11 Å². The van der Waals surface area contributed by atoms with E-state index in [1.165, 1.54) is 27.8 Å². The molecule has 0 atom stereocenters. The minimum absolute atomic E-state index is 0.128. The van der Waals surface area contributed by atoms with Crippen molar-refractivity contribution in [3.8, 4) is 11.8 Å². The number of sulfonamides is 1. The Balaban J connectivity index is 1.52. The normalized spacial score (nSPS) is 13.9. The largest absolute Gasteiger partial charge is 0.478 e. The van der Waals surface area contributed by atoms with Gasteiger partial charge in [-0.2, -0.15) is 0 Å². The van der Waals surface area contributed by atoms with Gasteiger partial charge >= 0.3 is 5.97 Å². The third-order valence-electron chi connectivity index (χ3n) is 4.59. The number of aromatic carboxylic acids is 1. The third kappa shape index (κ3) is 4.15. The lowest BCUT2D eigenvalue weighted by atomic mass is 10.1. The Morgan fingerprint density at radius 2 is 1.77 bits per heavy atom. The third-order valence-corrected chi connectivity index (χ3v) is 7.50. The number of nitrogens with zero attached hydrogens (tertiary/aromatic N) is 1. The molecule has 0 aliphatic carbocycles. The number of carboxylic acid groups (broad SMARTS) is 1. The molecule has 2 aromatic carbocycles. The van der Waals surface area contributed by atoms with Crippen molar-refractivity contribution in [2.24, 2.45) is 0 Å². The highest BCUT2D eigenvalue weighted by Crippen LogP contribution is 2.34. The summed E-state index contributed by atoms with van der Waals surface area (Å²) in [5, 5.41) is 8.99. The van der Waals surface area contributed by atoms with E-state index >= 15 is 0 Å². The zero-order valence-corrected chi connectivity index (χ0v) is 17.4. The zero-order chi connectivity index (χ0) is 21.1. The molecule has 1 aromatic heterocycles. The minimum atomic E-state index is -3.69. The molecule has 0 unspecified atom stereocenters. The van der Waals surface area contributed by atoms with Gasteiger partial charge in [-0.25, -0.2) is 13.2 Å². The molecule has 2 heterocycles. The molecule has 0 amide bonds. The first-order chi connectivity index (χ1) is 14.4. The molecule has 0 bridgehead atoms. The molecular weight excluding hydrogens is 418 g/mol. The summed E-state index contributed by atoms with van der Waals surface area (Å²) < 4.78 is 27.3. The number of hydrogen-bond acceptors (Lipinski definition) is 4. The molecule has 0 fully saturated rings. The van der Waals surface area contributed by atoms with Crippen molar-refractivity contribution in [1.82, 2.24) is 4.31 Å². The van der Waals surface area contributed by atoms with Gasteiger partial charge in [-0.05, 0) is 35.4 Å². The summed E-state index contributed by atoms with van der Waals surface area (Å²) >= 11 is 1.35. The summed E-state index contributed by atoms with van der Waals surface area (Å²) in [6.07, 6.45) is 3.92. The first-order valence-electron chi connectivity index (χ1n) is 9.12. The van der Waals surface area contributed by atoms with Crippen molar-refractivity contribution in [2.45, 2.75) is 17.9 Å². The van der Waals surface area contributed by atoms with E-state index in [2.05, 4.69) is 11.8 Å². The van der Waals surface area contributed by atoms with Gasteiger partial charge in [0.1, 0.15) is 4.90 Å². The number of thiophene rings is 1. The fourth-order valence-corrected chi connectivity index (χ4v) is 5.75. The summed E-state index contributed by atoms with van der Waals surface area (Å²) in [5.41, 5.74) is 1.98. The molecular formula is C23H17NO4S2. The van der Waals surface area contributed by atoms with E-state index in [0.717, 1.165) is 5.56 Å². The lowest BCUT2D eigenvalue weighted by molar-refractivity contribution is 0.0697. The number of rotatable bonds is 4. The number of carboxylic acids is 1. The molecule has 0 spiro atoms. The molecule has 1 aliphatic rings. The predicted octanol–water partition coefficient (Wildman–Crippen LogP) is 4.22. The molecule has 1 N–H and O–H groups in total. The summed E-state index contributed by atoms with van der Waals surface area (Å²) in [6, 6.07) is 17.7. The van der Waals surface area contributed by atoms with Crippen molar-refractivity contribution in [3.05, 3.63) is 93.3 Å². The molecule has 4 rings (SSSR count). The molecule has 5 nitrogen and oxygen atoms in total. The smallest absolute Gasteiger partial charge is 0.335 e. The van der Waals surface area contributed by atoms with Crippen molar-refractivity contribution in [2.75, 3.05) is 0 Å². The fourth-order valence-electron chi connectivity index (χ4n) is 3.02. The van der Waals surface area contributed by atoms with Crippen LogP contribution in [0.1, 0.15) is 31.2 Å². The molecule has 0 saturated heterocycles. The molecule has 0 radical (unpaired) electrons. The van der Waals surface area contributed by atoms with Gasteiger partial charge in [0.05, 0.1) is 21.9 Å². The molecule has 3 aromatic rings. The SMILES string of the molecule is O=C(O)c1ccc(CN2C=Cc3sc(C#CCc4ccccc4)cc3S2(=O)=O)cc1. The first kappa shape index (κ1) is 20.0. The Hall–Kier alpha value is -3.34. The van der Waals surface area contributed by atoms with E-state index < -0.39 is 16.0 Å². The van der Waals surface area contributed by atoms with Gasteiger partial charge < -0.3 is 5.11 Å². The van der Waals surface area contributed by atoms with Crippen molar-refractivity contribution < 1.29 is 18.3 Å². The first-order valence-corrected chi connectivity index (χ1v) is 11.4. The van der Waals surface area contributed by atoms with Crippen LogP contribution in [-0.4, -0.2) is 23.8 Å². The molecule has 1 aliphatic heterocycles. The standard InChI is InChI=1S/C23H17NO4S2/c25-23(26)19-11-9-18(10-12-19)16-24-14-13-21-22(30(24,27)28)15-20(29-21)8-4-7-17-5-2-1-3-6-17/h1-3,5-6,9-15H,7,16H2,(H,25,26). The Labute approximate surface area is 179 Å². The number of fused-ring (bicyclic) bond motifs is 1. The summed E-state index contributed by atoms with van der Waals surface area (Å²) in [5.74, 6) is 5.15. The Kier molecular flexibility index (Phi) is 5.44. The Morgan fingerprint density at radius 3 is 2.47 bits per heavy atom. The molecule has 7 heteroatoms. The van der Waals surface area contributed by atoms with Crippen molar-refractivity contribution >= 4 is 33.4 Å². The molecule has 150 valence electrons. The van der Waals surface area contributed by atoms with Gasteiger partial charge in [0.25, 0.3) is 10.0 Å². The minimum Gasteiger partial charge on any atom is -0.478 e. The average molecular weight is 436 g/mol. The summed E-state index contributed by atoms with van der Waals surface area (Å²) in [6.45, 7) is 0.128. The Morgan fingerprint density at radius 1 is 1.03 bits per heavy atom. The maximum Gasteiger partial charge on any atom is 0.335 e. The quantitative estimate of drug-likeness (QED) is 0.623. The van der Waals surface area contributed by atoms with Crippen LogP contribution in [0.4, 0.5) is 0 Å². The lowest BCUT2D eigenvalue weighted by Gasteiger charge is -2.23. The number of hydrogen-bond donors (Lipinski definition) is 1. The van der Waals surface area contributed by atoms with Crippen LogP contribution in [0.3, 0.4) is 0 Å². The van der Waals surface area contributed by atoms with E-state index in [1.807, 2.05) is 30.3 Å². The highest BCUT2D eigenvalue weighted by molar-refractivity contribution is 7.89. The topological polar surface area (TPSA) is 74.7 Å². The van der Waals surface area contributed by atoms with Crippen LogP contribution in [-0.2, 0) is 23.0 Å². The van der Waals surface area contributed by atoms with E-state index in [9.17, 15) is 13.2 Å². The van der Waals surface area contributed by atoms with Crippen LogP contribution in [0, 0.1) is 11.8 Å². The van der Waals surface area contributed by atoms with Crippen LogP contribution >= 0.6 is 11.3 Å². The van der Waals surface area contributed by atoms with Gasteiger partial charge in [0, 0.05) is 12.6 Å². The van der Waals surface area contributed by atoms with Gasteiger partial charge in [-0.15, -0.1) is 11.3 Å². The van der Waals surface area contributed by atoms with Crippen LogP contribution < -0.4 is 0 Å². The van der Waals surface area contributed by atoms with Crippen LogP contribution in [0.25, 0.3) is 6.08 Å². The zero-order valence-electron chi connectivity index (χ0n) is 15.8. The summed E-state index contributed by atoms with van der Waals surface area (Å²) in [7, 11) is -3.69. The van der Waals surface area contributed by atoms with E-state index in [0.29, 0.717) is 21.7 Å². The van der Waals surface area contributed by atoms with Crippen LogP contribution in [0.5, 0.6) is 0 Å². The second-order valence-corrected chi connectivity index (χ2v) is 9.61. The van der Waals surface area contributed by atoms with Gasteiger partial charge in [0.15, 0.2) is 0 Å². The average Bonchev–Trinajstić information content (AvgIpc) is 3.16. The van der Waals surface area contributed by atoms with Gasteiger partial charge in [-0.1, -0.05) is 54.3 Å². The van der Waals surface area contributed by atoms with E-state index in [-0.39, 0.29) is 17.0 Å². The molecule has 30 heavy (non-hydrogen) atoms. The highest BCUT2D eigenvalue weighted by atomic mass is 32.2. The lowest BCUT2D eigenvalue weighted by Crippen LogP contribution is -2.27. The predicted molar refractivity (Wildman–Crippen MR) is 117 cm³/mol. The Bertz CT molecular complexity index is 1280. The summed E-state index contributed by atoms with van der Waals surface area (Å²) in [4.78, 5) is 12.6. The van der Waals surface area contributed by atoms with Crippen LogP contribution in [0.2, 0.25) is 0 Å². The second kappa shape index (κ2) is 8.19. The van der Waals surface area contributed by atoms with Crippen molar-refractivity contribution in [3.63, 3.8) is 0 Å². The molecule has 0 saturated carbocycles. The second-order valence-electron chi connectivity index (χ2n) is 6.67. The number of benzene rings is 2. The highest BCUT2D eigenvalue weighted by Gasteiger charge is 2.29. The monoisotopic (exact) mass is 435 g/mol. The fraction of sp³-hybridized carbons (Fsp3) is 0.0870. The van der Waals surface area contributed by atoms with E-state index in [1.54, 1.807) is 30.5 Å². The van der Waals surface area contributed by atoms with Crippen molar-refractivity contribution in [1.29, 1.82) is 0 Å². The van der Waals surface area contributed by atoms with Gasteiger partial charge in [-0.3, -0.25) is 4.31 Å². The van der Waals surface area contributed by atoms with Gasteiger partial charge in [0.2, 0.25) is 0 Å². The van der Waals surface area contributed by atoms with Crippen LogP contribution in [0.15, 0.2) is 71.8 Å². The maximum atomic E-state index is 13.0.